The molecule has 0 rings (SSSR count). The average Bonchev–Trinajstić information content (AvgIpc) is 1.56. The van der Waals surface area contributed by atoms with Gasteiger partial charge in [0.15, 0.2) is 6.54 Å². The third-order valence-corrected chi connectivity index (χ3v) is 1.22. The van der Waals surface area contributed by atoms with E-state index in [1.807, 2.05) is 0 Å². The summed E-state index contributed by atoms with van der Waals surface area (Å²) in [5.41, 5.74) is 0. The zero-order valence-corrected chi connectivity index (χ0v) is 6.14. The highest BCUT2D eigenvalue weighted by Gasteiger charge is 2.49. The Hall–Kier alpha value is -0.780. The molecule has 0 heterocycles. The van der Waals surface area contributed by atoms with Crippen LogP contribution < -0.4 is 0 Å². The van der Waals surface area contributed by atoms with Crippen molar-refractivity contribution < 1.29 is 27.6 Å². The fourth-order valence-corrected chi connectivity index (χ4v) is 0.428. The number of aliphatic carboxylic acids is 1. The zero-order chi connectivity index (χ0) is 9.28. The van der Waals surface area contributed by atoms with Gasteiger partial charge in [0.25, 0.3) is 0 Å². The summed E-state index contributed by atoms with van der Waals surface area (Å²) in [5, 5.41) is 8.10. The predicted molar refractivity (Wildman–Crippen MR) is 30.7 cm³/mol. The summed E-state index contributed by atoms with van der Waals surface area (Å²) in [4.78, 5) is 9.95. The fraction of sp³-hybridized carbons (Fsp3) is 0.800. The minimum Gasteiger partial charge on any atom is -0.477 e. The standard InChI is InChI=1S/C5H8F3NO2/c1-9(2,3-4(10)11)5(6,7)8/h3H2,1-2H3/p+1. The highest BCUT2D eigenvalue weighted by atomic mass is 19.4. The van der Waals surface area contributed by atoms with Crippen LogP contribution >= 0.6 is 0 Å². The number of alkyl halides is 3. The van der Waals surface area contributed by atoms with E-state index in [1.165, 1.54) is 0 Å². The van der Waals surface area contributed by atoms with Crippen LogP contribution in [0.3, 0.4) is 0 Å². The van der Waals surface area contributed by atoms with E-state index in [2.05, 4.69) is 0 Å². The van der Waals surface area contributed by atoms with Crippen LogP contribution in [0.2, 0.25) is 0 Å². The first kappa shape index (κ1) is 10.2. The molecule has 0 spiro atoms. The maximum atomic E-state index is 11.9. The number of hydrogen-bond acceptors (Lipinski definition) is 1. The summed E-state index contributed by atoms with van der Waals surface area (Å²) in [6, 6.07) is 0. The maximum absolute atomic E-state index is 11.9. The minimum absolute atomic E-state index is 0.800. The molecular weight excluding hydrogens is 163 g/mol. The largest absolute Gasteiger partial charge is 0.561 e. The Bertz CT molecular complexity index is 164. The van der Waals surface area contributed by atoms with Gasteiger partial charge in [-0.15, -0.1) is 13.2 Å². The van der Waals surface area contributed by atoms with Gasteiger partial charge in [-0.2, -0.15) is 0 Å². The van der Waals surface area contributed by atoms with Gasteiger partial charge < -0.3 is 5.11 Å². The lowest BCUT2D eigenvalue weighted by molar-refractivity contribution is -0.991. The molecule has 0 aliphatic rings. The molecule has 6 heteroatoms. The van der Waals surface area contributed by atoms with Crippen LogP contribution in [0.1, 0.15) is 0 Å². The van der Waals surface area contributed by atoms with Crippen LogP contribution in [0.25, 0.3) is 0 Å². The summed E-state index contributed by atoms with van der Waals surface area (Å²) >= 11 is 0. The van der Waals surface area contributed by atoms with E-state index in [1.54, 1.807) is 0 Å². The van der Waals surface area contributed by atoms with Crippen LogP contribution in [0.5, 0.6) is 0 Å². The Morgan fingerprint density at radius 3 is 1.91 bits per heavy atom. The second-order valence-corrected chi connectivity index (χ2v) is 2.70. The van der Waals surface area contributed by atoms with Crippen molar-refractivity contribution in [3.05, 3.63) is 0 Å². The van der Waals surface area contributed by atoms with Gasteiger partial charge in [-0.3, -0.25) is 0 Å². The van der Waals surface area contributed by atoms with Gasteiger partial charge >= 0.3 is 12.3 Å². The number of likely N-dealkylation sites (N-methyl/N-ethyl adjacent to an activating group) is 1. The highest BCUT2D eigenvalue weighted by molar-refractivity contribution is 5.67. The third kappa shape index (κ3) is 2.75. The molecule has 0 saturated carbocycles. The third-order valence-electron chi connectivity index (χ3n) is 1.22. The van der Waals surface area contributed by atoms with Crippen molar-refractivity contribution in [3.63, 3.8) is 0 Å². The molecule has 0 fully saturated rings. The van der Waals surface area contributed by atoms with Gasteiger partial charge in [0.1, 0.15) is 0 Å². The molecule has 0 aromatic heterocycles. The van der Waals surface area contributed by atoms with Crippen LogP contribution in [0, 0.1) is 0 Å². The quantitative estimate of drug-likeness (QED) is 0.491. The topological polar surface area (TPSA) is 37.3 Å². The van der Waals surface area contributed by atoms with Gasteiger partial charge in [0, 0.05) is 0 Å². The Morgan fingerprint density at radius 1 is 1.45 bits per heavy atom. The van der Waals surface area contributed by atoms with E-state index in [-0.39, 0.29) is 0 Å². The number of hydrogen-bond donors (Lipinski definition) is 1. The van der Waals surface area contributed by atoms with E-state index >= 15 is 0 Å². The van der Waals surface area contributed by atoms with E-state index in [4.69, 9.17) is 5.11 Å². The van der Waals surface area contributed by atoms with Crippen molar-refractivity contribution in [1.82, 2.24) is 0 Å². The van der Waals surface area contributed by atoms with E-state index in [9.17, 15) is 18.0 Å². The molecule has 3 nitrogen and oxygen atoms in total. The molecule has 0 radical (unpaired) electrons. The Labute approximate surface area is 61.6 Å². The summed E-state index contributed by atoms with van der Waals surface area (Å²) in [7, 11) is 1.60. The second kappa shape index (κ2) is 2.69. The van der Waals surface area contributed by atoms with Crippen molar-refractivity contribution in [3.8, 4) is 0 Å². The van der Waals surface area contributed by atoms with Gasteiger partial charge in [0.05, 0.1) is 14.1 Å². The monoisotopic (exact) mass is 172 g/mol. The van der Waals surface area contributed by atoms with Crippen LogP contribution in [0.15, 0.2) is 0 Å². The van der Waals surface area contributed by atoms with E-state index in [0.717, 1.165) is 14.1 Å². The van der Waals surface area contributed by atoms with E-state index < -0.39 is 23.3 Å². The van der Waals surface area contributed by atoms with Crippen LogP contribution in [-0.2, 0) is 4.79 Å². The fourth-order valence-electron chi connectivity index (χ4n) is 0.428. The van der Waals surface area contributed by atoms with Crippen molar-refractivity contribution in [2.75, 3.05) is 20.6 Å². The first-order chi connectivity index (χ1) is 4.67. The molecule has 0 aromatic rings. The summed E-state index contributed by atoms with van der Waals surface area (Å²) in [6.07, 6.45) is -4.52. The molecule has 0 aliphatic carbocycles. The molecule has 1 N–H and O–H groups in total. The molecular formula is C5H9F3NO2+. The number of rotatable bonds is 2. The van der Waals surface area contributed by atoms with Crippen molar-refractivity contribution in [1.29, 1.82) is 0 Å². The van der Waals surface area contributed by atoms with Gasteiger partial charge in [-0.05, 0) is 0 Å². The Balaban J connectivity index is 4.34. The van der Waals surface area contributed by atoms with Crippen LogP contribution in [-0.4, -0.2) is 42.5 Å². The van der Waals surface area contributed by atoms with Gasteiger partial charge in [-0.1, -0.05) is 0 Å². The first-order valence-corrected chi connectivity index (χ1v) is 2.78. The van der Waals surface area contributed by atoms with E-state index in [0.29, 0.717) is 0 Å². The lowest BCUT2D eigenvalue weighted by atomic mass is 10.5. The summed E-state index contributed by atoms with van der Waals surface area (Å²) < 4.78 is 34.2. The normalized spacial score (nSPS) is 13.2. The lowest BCUT2D eigenvalue weighted by Crippen LogP contribution is -2.54. The van der Waals surface area contributed by atoms with Crippen molar-refractivity contribution in [2.24, 2.45) is 0 Å². The van der Waals surface area contributed by atoms with Crippen LogP contribution in [0.4, 0.5) is 13.2 Å². The number of quaternary nitrogens is 1. The van der Waals surface area contributed by atoms with Crippen molar-refractivity contribution in [2.45, 2.75) is 6.30 Å². The molecule has 0 amide bonds. The Kier molecular flexibility index (Phi) is 2.50. The molecule has 0 saturated heterocycles. The number of carbonyl (C=O) groups is 1. The molecule has 0 aromatic carbocycles. The average molecular weight is 172 g/mol. The zero-order valence-electron chi connectivity index (χ0n) is 6.14. The maximum Gasteiger partial charge on any atom is 0.561 e. The molecule has 0 bridgehead atoms. The summed E-state index contributed by atoms with van der Waals surface area (Å²) in [6.45, 7) is -0.955. The molecule has 0 atom stereocenters. The number of carboxylic acids is 1. The number of carboxylic acid groups (broad SMARTS) is 1. The number of halogens is 3. The SMILES string of the molecule is C[N+](C)(CC(=O)O)C(F)(F)F. The van der Waals surface area contributed by atoms with Gasteiger partial charge in [0.2, 0.25) is 0 Å². The summed E-state index contributed by atoms with van der Waals surface area (Å²) in [5.74, 6) is -1.47. The lowest BCUT2D eigenvalue weighted by Gasteiger charge is -2.28. The van der Waals surface area contributed by atoms with Gasteiger partial charge in [-0.25, -0.2) is 9.28 Å². The smallest absolute Gasteiger partial charge is 0.477 e. The predicted octanol–water partition coefficient (Wildman–Crippen LogP) is 0.667. The molecule has 66 valence electrons. The van der Waals surface area contributed by atoms with Crippen molar-refractivity contribution >= 4 is 5.97 Å². The molecule has 0 unspecified atom stereocenters. The minimum atomic E-state index is -4.52. The highest BCUT2D eigenvalue weighted by Crippen LogP contribution is 2.25. The molecule has 0 aliphatic heterocycles. The molecule has 11 heavy (non-hydrogen) atoms. The number of nitrogens with zero attached hydrogens (tertiary/aromatic N) is 1. The Morgan fingerprint density at radius 2 is 1.82 bits per heavy atom. The second-order valence-electron chi connectivity index (χ2n) is 2.70. The first-order valence-electron chi connectivity index (χ1n) is 2.78.